The molecule has 0 heterocycles. The molecule has 0 aromatic heterocycles. The smallest absolute Gasteiger partial charge is 0.116 e. The van der Waals surface area contributed by atoms with Gasteiger partial charge in [0.2, 0.25) is 0 Å². The lowest BCUT2D eigenvalue weighted by Crippen LogP contribution is -2.46. The van der Waals surface area contributed by atoms with Crippen LogP contribution < -0.4 is 0 Å². The maximum Gasteiger partial charge on any atom is 0.116 e. The quantitative estimate of drug-likeness (QED) is 0.828. The van der Waals surface area contributed by atoms with Gasteiger partial charge in [-0.2, -0.15) is 5.26 Å². The zero-order chi connectivity index (χ0) is 14.4. The Morgan fingerprint density at radius 2 is 1.25 bits per heavy atom. The molecule has 2 heteroatoms. The fraction of sp³-hybridized carbons (Fsp3) is 0.278. The molecule has 0 amide bonds. The molecule has 0 aliphatic carbocycles. The summed E-state index contributed by atoms with van der Waals surface area (Å²) in [7, 11) is 3.96. The Morgan fingerprint density at radius 3 is 1.55 bits per heavy atom. The predicted octanol–water partition coefficient (Wildman–Crippen LogP) is 3.30. The Balaban J connectivity index is 2.29. The largest absolute Gasteiger partial charge is 0.291 e. The second-order valence-corrected chi connectivity index (χ2v) is 5.36. The van der Waals surface area contributed by atoms with Gasteiger partial charge in [0.15, 0.2) is 0 Å². The number of rotatable bonds is 5. The van der Waals surface area contributed by atoms with E-state index in [1.54, 1.807) is 0 Å². The Labute approximate surface area is 121 Å². The van der Waals surface area contributed by atoms with Crippen LogP contribution in [0.3, 0.4) is 0 Å². The van der Waals surface area contributed by atoms with Gasteiger partial charge in [0.25, 0.3) is 0 Å². The average Bonchev–Trinajstić information content (AvgIpc) is 2.48. The van der Waals surface area contributed by atoms with Crippen molar-refractivity contribution >= 4 is 0 Å². The van der Waals surface area contributed by atoms with Crippen molar-refractivity contribution in [3.63, 3.8) is 0 Å². The van der Waals surface area contributed by atoms with Gasteiger partial charge >= 0.3 is 0 Å². The Hall–Kier alpha value is -2.11. The molecule has 2 aromatic rings. The summed E-state index contributed by atoms with van der Waals surface area (Å²) < 4.78 is 0. The normalized spacial score (nSPS) is 11.3. The average molecular weight is 264 g/mol. The van der Waals surface area contributed by atoms with Crippen molar-refractivity contribution in [1.29, 1.82) is 5.26 Å². The highest BCUT2D eigenvalue weighted by molar-refractivity contribution is 5.27. The van der Waals surface area contributed by atoms with Crippen LogP contribution in [0.2, 0.25) is 0 Å². The van der Waals surface area contributed by atoms with Gasteiger partial charge in [-0.25, -0.2) is 0 Å². The van der Waals surface area contributed by atoms with Crippen molar-refractivity contribution in [2.24, 2.45) is 0 Å². The first-order valence-corrected chi connectivity index (χ1v) is 6.83. The summed E-state index contributed by atoms with van der Waals surface area (Å²) in [5, 5.41) is 9.78. The fourth-order valence-corrected chi connectivity index (χ4v) is 2.42. The number of hydrogen-bond acceptors (Lipinski definition) is 2. The van der Waals surface area contributed by atoms with Crippen LogP contribution in [0, 0.1) is 11.3 Å². The van der Waals surface area contributed by atoms with E-state index < -0.39 is 5.54 Å². The van der Waals surface area contributed by atoms with Gasteiger partial charge in [-0.15, -0.1) is 0 Å². The number of likely N-dealkylation sites (N-methyl/N-ethyl adjacent to an activating group) is 1. The summed E-state index contributed by atoms with van der Waals surface area (Å²) in [6.07, 6.45) is 1.46. The molecule has 0 radical (unpaired) electrons. The lowest BCUT2D eigenvalue weighted by atomic mass is 9.85. The molecule has 102 valence electrons. The van der Waals surface area contributed by atoms with Crippen molar-refractivity contribution in [2.45, 2.75) is 18.4 Å². The van der Waals surface area contributed by atoms with Crippen molar-refractivity contribution in [2.75, 3.05) is 14.1 Å². The molecular formula is C18H20N2. The van der Waals surface area contributed by atoms with Crippen LogP contribution in [-0.4, -0.2) is 24.5 Å². The first-order valence-electron chi connectivity index (χ1n) is 6.83. The lowest BCUT2D eigenvalue weighted by Gasteiger charge is -2.34. The summed E-state index contributed by atoms with van der Waals surface area (Å²) >= 11 is 0. The van der Waals surface area contributed by atoms with Crippen molar-refractivity contribution in [3.8, 4) is 6.07 Å². The van der Waals surface area contributed by atoms with E-state index in [2.05, 4.69) is 30.3 Å². The van der Waals surface area contributed by atoms with Crippen LogP contribution in [0.1, 0.15) is 11.1 Å². The molecule has 0 spiro atoms. The van der Waals surface area contributed by atoms with Gasteiger partial charge in [-0.05, 0) is 25.2 Å². The molecule has 0 bridgehead atoms. The molecular weight excluding hydrogens is 244 g/mol. The van der Waals surface area contributed by atoms with E-state index in [0.29, 0.717) is 0 Å². The number of nitriles is 1. The van der Waals surface area contributed by atoms with E-state index in [4.69, 9.17) is 0 Å². The van der Waals surface area contributed by atoms with Crippen LogP contribution in [0.4, 0.5) is 0 Å². The molecule has 2 rings (SSSR count). The minimum Gasteiger partial charge on any atom is -0.291 e. The fourth-order valence-electron chi connectivity index (χ4n) is 2.42. The first-order chi connectivity index (χ1) is 9.66. The third-order valence-corrected chi connectivity index (χ3v) is 3.74. The zero-order valence-electron chi connectivity index (χ0n) is 12.1. The van der Waals surface area contributed by atoms with Crippen molar-refractivity contribution in [1.82, 2.24) is 4.90 Å². The van der Waals surface area contributed by atoms with Gasteiger partial charge in [-0.1, -0.05) is 60.7 Å². The standard InChI is InChI=1S/C18H20N2/c1-20(2)18(15-19,13-16-9-5-3-6-10-16)14-17-11-7-4-8-12-17/h3-12H,13-14H2,1-2H3. The monoisotopic (exact) mass is 264 g/mol. The van der Waals surface area contributed by atoms with Crippen LogP contribution in [0.5, 0.6) is 0 Å². The van der Waals surface area contributed by atoms with Gasteiger partial charge in [0.1, 0.15) is 5.54 Å². The molecule has 0 saturated heterocycles. The predicted molar refractivity (Wildman–Crippen MR) is 82.3 cm³/mol. The van der Waals surface area contributed by atoms with Crippen LogP contribution in [0.25, 0.3) is 0 Å². The number of benzene rings is 2. The third-order valence-electron chi connectivity index (χ3n) is 3.74. The third kappa shape index (κ3) is 3.26. The highest BCUT2D eigenvalue weighted by Gasteiger charge is 2.33. The minimum atomic E-state index is -0.511. The molecule has 0 fully saturated rings. The SMILES string of the molecule is CN(C)C(C#N)(Cc1ccccc1)Cc1ccccc1. The van der Waals surface area contributed by atoms with Crippen molar-refractivity contribution < 1.29 is 0 Å². The number of nitrogens with zero attached hydrogens (tertiary/aromatic N) is 2. The molecule has 0 aliphatic rings. The van der Waals surface area contributed by atoms with E-state index in [0.717, 1.165) is 12.8 Å². The molecule has 0 aliphatic heterocycles. The van der Waals surface area contributed by atoms with E-state index in [9.17, 15) is 5.26 Å². The second-order valence-electron chi connectivity index (χ2n) is 5.36. The van der Waals surface area contributed by atoms with E-state index >= 15 is 0 Å². The highest BCUT2D eigenvalue weighted by Crippen LogP contribution is 2.23. The Bertz CT molecular complexity index is 526. The zero-order valence-corrected chi connectivity index (χ0v) is 12.1. The van der Waals surface area contributed by atoms with Crippen LogP contribution in [-0.2, 0) is 12.8 Å². The maximum absolute atomic E-state index is 9.78. The minimum absolute atomic E-state index is 0.511. The topological polar surface area (TPSA) is 27.0 Å². The molecule has 20 heavy (non-hydrogen) atoms. The van der Waals surface area contributed by atoms with Crippen LogP contribution >= 0.6 is 0 Å². The number of hydrogen-bond donors (Lipinski definition) is 0. The van der Waals surface area contributed by atoms with Gasteiger partial charge in [0, 0.05) is 12.8 Å². The summed E-state index contributed by atoms with van der Waals surface area (Å²) in [4.78, 5) is 2.03. The highest BCUT2D eigenvalue weighted by atomic mass is 15.1. The molecule has 0 unspecified atom stereocenters. The summed E-state index contributed by atoms with van der Waals surface area (Å²) in [5.41, 5.74) is 1.88. The Kier molecular flexibility index (Phi) is 4.55. The van der Waals surface area contributed by atoms with Crippen LogP contribution in [0.15, 0.2) is 60.7 Å². The van der Waals surface area contributed by atoms with Gasteiger partial charge < -0.3 is 0 Å². The van der Waals surface area contributed by atoms with E-state index in [1.165, 1.54) is 11.1 Å². The maximum atomic E-state index is 9.78. The Morgan fingerprint density at radius 1 is 0.850 bits per heavy atom. The van der Waals surface area contributed by atoms with Gasteiger partial charge in [0.05, 0.1) is 6.07 Å². The van der Waals surface area contributed by atoms with Gasteiger partial charge in [-0.3, -0.25) is 4.90 Å². The molecule has 2 nitrogen and oxygen atoms in total. The summed E-state index contributed by atoms with van der Waals surface area (Å²) in [6, 6.07) is 23.0. The molecule has 0 N–H and O–H groups in total. The first kappa shape index (κ1) is 14.3. The lowest BCUT2D eigenvalue weighted by molar-refractivity contribution is 0.213. The van der Waals surface area contributed by atoms with E-state index in [-0.39, 0.29) is 0 Å². The second kappa shape index (κ2) is 6.36. The molecule has 0 saturated carbocycles. The van der Waals surface area contributed by atoms with E-state index in [1.807, 2.05) is 55.4 Å². The molecule has 0 atom stereocenters. The van der Waals surface area contributed by atoms with Crippen molar-refractivity contribution in [3.05, 3.63) is 71.8 Å². The summed E-state index contributed by atoms with van der Waals surface area (Å²) in [5.74, 6) is 0. The summed E-state index contributed by atoms with van der Waals surface area (Å²) in [6.45, 7) is 0. The molecule has 2 aromatic carbocycles.